The first kappa shape index (κ1) is 24.0. The molecule has 2 aromatic rings. The molecule has 1 aliphatic rings. The Hall–Kier alpha value is -2.62. The lowest BCUT2D eigenvalue weighted by Gasteiger charge is -2.30. The van der Waals surface area contributed by atoms with Crippen molar-refractivity contribution in [2.75, 3.05) is 0 Å². The molecule has 1 N–H and O–H groups in total. The van der Waals surface area contributed by atoms with Gasteiger partial charge in [-0.3, -0.25) is 9.59 Å². The zero-order valence-corrected chi connectivity index (χ0v) is 20.1. The third-order valence-corrected chi connectivity index (χ3v) is 6.62. The summed E-state index contributed by atoms with van der Waals surface area (Å²) in [6.45, 7) is 8.71. The molecular weight excluding hydrogens is 396 g/mol. The number of carbonyl (C=O) groups is 2. The predicted octanol–water partition coefficient (Wildman–Crippen LogP) is 5.53. The van der Waals surface area contributed by atoms with Crippen LogP contribution in [0.3, 0.4) is 0 Å². The van der Waals surface area contributed by atoms with Crippen LogP contribution in [0.5, 0.6) is 0 Å². The molecule has 32 heavy (non-hydrogen) atoms. The smallest absolute Gasteiger partial charge is 0.242 e. The summed E-state index contributed by atoms with van der Waals surface area (Å²) >= 11 is 0. The van der Waals surface area contributed by atoms with E-state index >= 15 is 0 Å². The average molecular weight is 435 g/mol. The van der Waals surface area contributed by atoms with Crippen LogP contribution < -0.4 is 5.32 Å². The number of carbonyl (C=O) groups excluding carboxylic acids is 2. The van der Waals surface area contributed by atoms with Crippen LogP contribution in [0.25, 0.3) is 0 Å². The lowest BCUT2D eigenvalue weighted by atomic mass is 10.00. The molecule has 172 valence electrons. The Morgan fingerprint density at radius 3 is 2.12 bits per heavy atom. The maximum atomic E-state index is 13.3. The molecule has 0 aromatic heterocycles. The van der Waals surface area contributed by atoms with Gasteiger partial charge in [0, 0.05) is 19.0 Å². The van der Waals surface area contributed by atoms with Crippen molar-refractivity contribution in [3.63, 3.8) is 0 Å². The van der Waals surface area contributed by atoms with E-state index in [2.05, 4.69) is 62.5 Å². The summed E-state index contributed by atoms with van der Waals surface area (Å²) in [5.74, 6) is 0.473. The largest absolute Gasteiger partial charge is 0.352 e. The van der Waals surface area contributed by atoms with E-state index < -0.39 is 6.04 Å². The molecule has 0 radical (unpaired) electrons. The summed E-state index contributed by atoms with van der Waals surface area (Å²) in [7, 11) is 0. The van der Waals surface area contributed by atoms with Crippen LogP contribution in [0.15, 0.2) is 48.5 Å². The number of nitrogens with zero attached hydrogens (tertiary/aromatic N) is 1. The van der Waals surface area contributed by atoms with Gasteiger partial charge in [-0.1, -0.05) is 80.8 Å². The van der Waals surface area contributed by atoms with E-state index in [1.807, 2.05) is 19.1 Å². The zero-order valence-electron chi connectivity index (χ0n) is 20.1. The topological polar surface area (TPSA) is 49.4 Å². The molecule has 1 saturated carbocycles. The summed E-state index contributed by atoms with van der Waals surface area (Å²) in [5, 5.41) is 3.17. The summed E-state index contributed by atoms with van der Waals surface area (Å²) in [5.41, 5.74) is 4.69. The Morgan fingerprint density at radius 2 is 1.53 bits per heavy atom. The first-order chi connectivity index (χ1) is 15.3. The van der Waals surface area contributed by atoms with Gasteiger partial charge in [0.25, 0.3) is 0 Å². The number of hydrogen-bond donors (Lipinski definition) is 1. The molecule has 0 heterocycles. The van der Waals surface area contributed by atoms with E-state index in [4.69, 9.17) is 0 Å². The highest BCUT2D eigenvalue weighted by Crippen LogP contribution is 2.20. The second-order valence-electron chi connectivity index (χ2n) is 9.57. The number of nitrogens with one attached hydrogen (secondary N) is 1. The summed E-state index contributed by atoms with van der Waals surface area (Å²) in [4.78, 5) is 28.0. The van der Waals surface area contributed by atoms with E-state index in [1.54, 1.807) is 4.90 Å². The van der Waals surface area contributed by atoms with Crippen molar-refractivity contribution in [2.45, 2.75) is 90.8 Å². The highest BCUT2D eigenvalue weighted by atomic mass is 16.2. The zero-order chi connectivity index (χ0) is 23.1. The fourth-order valence-electron chi connectivity index (χ4n) is 4.33. The summed E-state index contributed by atoms with van der Waals surface area (Å²) < 4.78 is 0. The van der Waals surface area contributed by atoms with Gasteiger partial charge in [-0.25, -0.2) is 0 Å². The molecule has 1 atom stereocenters. The highest BCUT2D eigenvalue weighted by Gasteiger charge is 2.28. The Labute approximate surface area is 193 Å². The molecule has 0 saturated heterocycles. The maximum absolute atomic E-state index is 13.3. The van der Waals surface area contributed by atoms with Crippen LogP contribution in [-0.2, 0) is 22.6 Å². The lowest BCUT2D eigenvalue weighted by molar-refractivity contribution is -0.140. The lowest BCUT2D eigenvalue weighted by Crippen LogP contribution is -2.49. The fourth-order valence-corrected chi connectivity index (χ4v) is 4.33. The van der Waals surface area contributed by atoms with Gasteiger partial charge in [-0.05, 0) is 55.7 Å². The second kappa shape index (κ2) is 11.3. The molecule has 1 unspecified atom stereocenters. The van der Waals surface area contributed by atoms with Gasteiger partial charge in [0.2, 0.25) is 11.8 Å². The minimum Gasteiger partial charge on any atom is -0.352 e. The van der Waals surface area contributed by atoms with Crippen molar-refractivity contribution in [2.24, 2.45) is 0 Å². The Bertz CT molecular complexity index is 881. The van der Waals surface area contributed by atoms with Crippen LogP contribution in [0, 0.1) is 6.92 Å². The quantitative estimate of drug-likeness (QED) is 0.564. The van der Waals surface area contributed by atoms with Gasteiger partial charge in [0.1, 0.15) is 6.04 Å². The normalized spacial score (nSPS) is 15.0. The predicted molar refractivity (Wildman–Crippen MR) is 130 cm³/mol. The standard InChI is InChI=1S/C28H38N2O2/c1-20(2)25-16-13-23(14-17-25)15-18-27(31)30(19-24-11-9-21(3)10-12-24)22(4)28(32)29-26-7-5-6-8-26/h9-14,16-17,20,22,26H,5-8,15,18-19H2,1-4H3,(H,29,32). The van der Waals surface area contributed by atoms with Crippen LogP contribution >= 0.6 is 0 Å². The number of rotatable bonds is 9. The Kier molecular flexibility index (Phi) is 8.49. The van der Waals surface area contributed by atoms with Gasteiger partial charge < -0.3 is 10.2 Å². The van der Waals surface area contributed by atoms with E-state index in [1.165, 1.54) is 24.0 Å². The average Bonchev–Trinajstić information content (AvgIpc) is 3.30. The minimum absolute atomic E-state index is 0.0209. The molecular formula is C28H38N2O2. The molecule has 4 nitrogen and oxygen atoms in total. The van der Waals surface area contributed by atoms with Gasteiger partial charge in [0.05, 0.1) is 0 Å². The molecule has 2 aromatic carbocycles. The number of aryl methyl sites for hydroxylation is 2. The van der Waals surface area contributed by atoms with Crippen molar-refractivity contribution in [1.82, 2.24) is 10.2 Å². The number of amides is 2. The molecule has 2 amide bonds. The van der Waals surface area contributed by atoms with Gasteiger partial charge in [0.15, 0.2) is 0 Å². The summed E-state index contributed by atoms with van der Waals surface area (Å²) in [6.07, 6.45) is 5.49. The fraction of sp³-hybridized carbons (Fsp3) is 0.500. The number of benzene rings is 2. The molecule has 4 heteroatoms. The van der Waals surface area contributed by atoms with Crippen molar-refractivity contribution in [3.8, 4) is 0 Å². The van der Waals surface area contributed by atoms with E-state index in [0.717, 1.165) is 24.0 Å². The Morgan fingerprint density at radius 1 is 0.938 bits per heavy atom. The van der Waals surface area contributed by atoms with Crippen LogP contribution in [0.1, 0.15) is 81.0 Å². The molecule has 0 spiro atoms. The minimum atomic E-state index is -0.493. The SMILES string of the molecule is Cc1ccc(CN(C(=O)CCc2ccc(C(C)C)cc2)C(C)C(=O)NC2CCCC2)cc1. The van der Waals surface area contributed by atoms with Crippen molar-refractivity contribution in [3.05, 3.63) is 70.8 Å². The van der Waals surface area contributed by atoms with Crippen molar-refractivity contribution < 1.29 is 9.59 Å². The maximum Gasteiger partial charge on any atom is 0.242 e. The molecule has 1 aliphatic carbocycles. The van der Waals surface area contributed by atoms with Gasteiger partial charge >= 0.3 is 0 Å². The van der Waals surface area contributed by atoms with Crippen molar-refractivity contribution >= 4 is 11.8 Å². The second-order valence-corrected chi connectivity index (χ2v) is 9.57. The van der Waals surface area contributed by atoms with Crippen LogP contribution in [-0.4, -0.2) is 28.8 Å². The monoisotopic (exact) mass is 434 g/mol. The summed E-state index contributed by atoms with van der Waals surface area (Å²) in [6, 6.07) is 16.5. The first-order valence-electron chi connectivity index (χ1n) is 12.1. The van der Waals surface area contributed by atoms with E-state index in [0.29, 0.717) is 25.3 Å². The number of hydrogen-bond acceptors (Lipinski definition) is 2. The van der Waals surface area contributed by atoms with E-state index in [-0.39, 0.29) is 17.9 Å². The van der Waals surface area contributed by atoms with Crippen LogP contribution in [0.2, 0.25) is 0 Å². The molecule has 0 aliphatic heterocycles. The molecule has 1 fully saturated rings. The molecule has 3 rings (SSSR count). The van der Waals surface area contributed by atoms with Gasteiger partial charge in [-0.15, -0.1) is 0 Å². The van der Waals surface area contributed by atoms with Crippen LogP contribution in [0.4, 0.5) is 0 Å². The third-order valence-electron chi connectivity index (χ3n) is 6.62. The third kappa shape index (κ3) is 6.69. The molecule has 0 bridgehead atoms. The van der Waals surface area contributed by atoms with Crippen molar-refractivity contribution in [1.29, 1.82) is 0 Å². The highest BCUT2D eigenvalue weighted by molar-refractivity contribution is 5.87. The first-order valence-corrected chi connectivity index (χ1v) is 12.1. The Balaban J connectivity index is 1.68. The van der Waals surface area contributed by atoms with E-state index in [9.17, 15) is 9.59 Å². The van der Waals surface area contributed by atoms with Gasteiger partial charge in [-0.2, -0.15) is 0 Å².